The Morgan fingerprint density at radius 3 is 1.41 bits per heavy atom. The van der Waals surface area contributed by atoms with E-state index in [1.54, 1.807) is 0 Å². The summed E-state index contributed by atoms with van der Waals surface area (Å²) in [7, 11) is 0. The molecular weight excluding hydrogens is 469 g/mol. The van der Waals surface area contributed by atoms with Crippen molar-refractivity contribution in [1.82, 2.24) is 0 Å². The summed E-state index contributed by atoms with van der Waals surface area (Å²) < 4.78 is 4.22. The van der Waals surface area contributed by atoms with E-state index in [-0.39, 0.29) is 5.57 Å². The number of hydrogen-bond acceptors (Lipinski definition) is 6. The number of allylic oxidation sites excluding steroid dienone is 3. The van der Waals surface area contributed by atoms with Gasteiger partial charge in [0.05, 0.1) is 12.7 Å². The maximum Gasteiger partial charge on any atom is 0.129 e. The normalized spacial score (nSPS) is 16.2. The molecule has 2 aromatic rings. The van der Waals surface area contributed by atoms with Gasteiger partial charge in [0.1, 0.15) is 17.7 Å². The smallest absolute Gasteiger partial charge is 0.129 e. The van der Waals surface area contributed by atoms with Crippen molar-refractivity contribution in [2.45, 2.75) is 25.7 Å². The summed E-state index contributed by atoms with van der Waals surface area (Å²) in [6.45, 7) is 0. The van der Waals surface area contributed by atoms with Crippen molar-refractivity contribution in [3.8, 4) is 12.1 Å². The third-order valence-electron chi connectivity index (χ3n) is 5.49. The molecule has 0 aromatic heterocycles. The van der Waals surface area contributed by atoms with E-state index in [9.17, 15) is 10.5 Å². The first kappa shape index (κ1) is 23.2. The van der Waals surface area contributed by atoms with E-state index >= 15 is 0 Å². The molecule has 0 spiro atoms. The predicted molar refractivity (Wildman–Crippen MR) is 142 cm³/mol. The van der Waals surface area contributed by atoms with Crippen LogP contribution in [0.25, 0.3) is 0 Å². The minimum atomic E-state index is 0.231. The summed E-state index contributed by atoms with van der Waals surface area (Å²) in [6, 6.07) is 21.5. The maximum absolute atomic E-state index is 9.45. The molecule has 1 heterocycles. The molecule has 0 saturated carbocycles. The lowest BCUT2D eigenvalue weighted by Crippen LogP contribution is -2.03. The molecule has 5 aliphatic rings. The Balaban J connectivity index is 1.75. The molecule has 0 amide bonds. The number of hydrogen-bond donors (Lipinski definition) is 0. The highest BCUT2D eigenvalue weighted by atomic mass is 32.3. The Kier molecular flexibility index (Phi) is 7.81. The summed E-state index contributed by atoms with van der Waals surface area (Å²) in [5.41, 5.74) is 7.43. The van der Waals surface area contributed by atoms with Crippen LogP contribution >= 0.6 is 47.0 Å². The molecule has 0 unspecified atom stereocenters. The third kappa shape index (κ3) is 5.33. The molecule has 7 rings (SSSR count). The van der Waals surface area contributed by atoms with E-state index in [0.29, 0.717) is 12.8 Å². The van der Waals surface area contributed by atoms with E-state index in [1.165, 1.54) is 29.4 Å². The van der Waals surface area contributed by atoms with Crippen molar-refractivity contribution >= 4 is 47.0 Å². The van der Waals surface area contributed by atoms with Gasteiger partial charge in [-0.05, 0) is 71.6 Å². The monoisotopic (exact) mass is 490 g/mol. The average molecular weight is 491 g/mol. The molecule has 0 radical (unpaired) electrons. The first-order chi connectivity index (χ1) is 15.6. The van der Waals surface area contributed by atoms with Gasteiger partial charge in [-0.3, -0.25) is 0 Å². The SMILES string of the molecule is CSC1=C(SC)SC(=C2Cc3ccc(cc3)CC(=C(C#N)C#N)Cc3ccc(cc3)C2)S1. The number of rotatable bonds is 2. The second-order valence-electron chi connectivity index (χ2n) is 7.62. The number of thioether (sulfide) groups is 4. The lowest BCUT2D eigenvalue weighted by molar-refractivity contribution is 0.995. The van der Waals surface area contributed by atoms with Gasteiger partial charge < -0.3 is 0 Å². The topological polar surface area (TPSA) is 47.6 Å². The standard InChI is InChI=1S/C26H22N2S4/c1-29-25-26(30-2)32-24(31-25)22-13-19-7-3-17(4-8-19)11-21(23(15-27)16-28)12-18-5-9-20(14-22)10-6-18/h3-10H,11-14H2,1-2H3. The van der Waals surface area contributed by atoms with Crippen molar-refractivity contribution in [2.24, 2.45) is 0 Å². The van der Waals surface area contributed by atoms with Crippen LogP contribution in [-0.2, 0) is 25.7 Å². The number of nitriles is 2. The summed E-state index contributed by atoms with van der Waals surface area (Å²) in [6.07, 6.45) is 7.40. The largest absolute Gasteiger partial charge is 0.192 e. The van der Waals surface area contributed by atoms with Gasteiger partial charge in [0, 0.05) is 0 Å². The van der Waals surface area contributed by atoms with Gasteiger partial charge >= 0.3 is 0 Å². The Hall–Kier alpha value is -1.96. The van der Waals surface area contributed by atoms with Crippen LogP contribution in [0.1, 0.15) is 22.3 Å². The highest BCUT2D eigenvalue weighted by molar-refractivity contribution is 8.40. The lowest BCUT2D eigenvalue weighted by Gasteiger charge is -2.15. The summed E-state index contributed by atoms with van der Waals surface area (Å²) >= 11 is 7.51. The minimum Gasteiger partial charge on any atom is -0.192 e. The predicted octanol–water partition coefficient (Wildman–Crippen LogP) is 7.46. The fraction of sp³-hybridized carbons (Fsp3) is 0.231. The Labute approximate surface area is 207 Å². The molecule has 4 bridgehead atoms. The molecule has 0 fully saturated rings. The molecule has 2 nitrogen and oxygen atoms in total. The first-order valence-electron chi connectivity index (χ1n) is 10.2. The maximum atomic E-state index is 9.45. The van der Waals surface area contributed by atoms with Crippen LogP contribution in [0.3, 0.4) is 0 Å². The van der Waals surface area contributed by atoms with Crippen LogP contribution in [0.2, 0.25) is 0 Å². The van der Waals surface area contributed by atoms with Gasteiger partial charge in [-0.15, -0.1) is 23.5 Å². The van der Waals surface area contributed by atoms with Crippen molar-refractivity contribution in [2.75, 3.05) is 12.5 Å². The highest BCUT2D eigenvalue weighted by Crippen LogP contribution is 2.57. The van der Waals surface area contributed by atoms with Crippen molar-refractivity contribution in [1.29, 1.82) is 10.5 Å². The van der Waals surface area contributed by atoms with Gasteiger partial charge in [-0.25, -0.2) is 0 Å². The van der Waals surface area contributed by atoms with Gasteiger partial charge in [-0.1, -0.05) is 72.1 Å². The van der Waals surface area contributed by atoms with Gasteiger partial charge in [0.2, 0.25) is 0 Å². The van der Waals surface area contributed by atoms with Crippen molar-refractivity contribution in [3.63, 3.8) is 0 Å². The average Bonchev–Trinajstić information content (AvgIpc) is 3.25. The Morgan fingerprint density at radius 2 is 1.06 bits per heavy atom. The minimum absolute atomic E-state index is 0.231. The Morgan fingerprint density at radius 1 is 0.688 bits per heavy atom. The fourth-order valence-corrected chi connectivity index (χ4v) is 8.90. The van der Waals surface area contributed by atoms with Gasteiger partial charge in [-0.2, -0.15) is 10.5 Å². The molecule has 6 heteroatoms. The third-order valence-corrected chi connectivity index (χ3v) is 10.9. The second kappa shape index (κ2) is 10.8. The van der Waals surface area contributed by atoms with Crippen LogP contribution in [0.4, 0.5) is 0 Å². The first-order valence-corrected chi connectivity index (χ1v) is 14.3. The molecular formula is C26H22N2S4. The molecule has 2 aromatic carbocycles. The number of nitrogens with zero attached hydrogens (tertiary/aromatic N) is 2. The summed E-state index contributed by atoms with van der Waals surface area (Å²) in [4.78, 5) is 0. The number of benzene rings is 2. The summed E-state index contributed by atoms with van der Waals surface area (Å²) in [5, 5.41) is 18.9. The van der Waals surface area contributed by atoms with Gasteiger partial charge in [0.15, 0.2) is 0 Å². The molecule has 0 atom stereocenters. The van der Waals surface area contributed by atoms with E-state index in [2.05, 4.69) is 73.2 Å². The zero-order valence-corrected chi connectivity index (χ0v) is 21.2. The van der Waals surface area contributed by atoms with Crippen LogP contribution in [0, 0.1) is 22.7 Å². The van der Waals surface area contributed by atoms with E-state index in [1.807, 2.05) is 47.0 Å². The zero-order chi connectivity index (χ0) is 22.5. The lowest BCUT2D eigenvalue weighted by atomic mass is 9.91. The Bertz CT molecular complexity index is 1100. The van der Waals surface area contributed by atoms with Crippen LogP contribution in [0.5, 0.6) is 0 Å². The van der Waals surface area contributed by atoms with Crippen LogP contribution in [0.15, 0.2) is 78.0 Å². The molecule has 4 aliphatic carbocycles. The molecule has 160 valence electrons. The van der Waals surface area contributed by atoms with E-state index < -0.39 is 0 Å². The van der Waals surface area contributed by atoms with Crippen LogP contribution in [-0.4, -0.2) is 12.5 Å². The van der Waals surface area contributed by atoms with E-state index in [4.69, 9.17) is 0 Å². The van der Waals surface area contributed by atoms with Crippen molar-refractivity contribution in [3.05, 3.63) is 100 Å². The molecule has 0 N–H and O–H groups in total. The summed E-state index contributed by atoms with van der Waals surface area (Å²) in [5.74, 6) is 0. The second-order valence-corrected chi connectivity index (χ2v) is 12.1. The van der Waals surface area contributed by atoms with Crippen LogP contribution < -0.4 is 0 Å². The van der Waals surface area contributed by atoms with Gasteiger partial charge in [0.25, 0.3) is 0 Å². The molecule has 32 heavy (non-hydrogen) atoms. The molecule has 1 aliphatic heterocycles. The van der Waals surface area contributed by atoms with Crippen molar-refractivity contribution < 1.29 is 0 Å². The van der Waals surface area contributed by atoms with E-state index in [0.717, 1.165) is 29.5 Å². The fourth-order valence-electron chi connectivity index (χ4n) is 3.83. The molecule has 0 saturated heterocycles. The quantitative estimate of drug-likeness (QED) is 0.407. The zero-order valence-electron chi connectivity index (χ0n) is 18.0. The highest BCUT2D eigenvalue weighted by Gasteiger charge is 2.23.